The maximum atomic E-state index is 9.24. The third kappa shape index (κ3) is 5.50. The van der Waals surface area contributed by atoms with Crippen LogP contribution in [0, 0.1) is 0 Å². The molecule has 1 aromatic heterocycles. The minimum atomic E-state index is 0. The van der Waals surface area contributed by atoms with Gasteiger partial charge in [-0.2, -0.15) is 0 Å². The van der Waals surface area contributed by atoms with Crippen LogP contribution in [0.3, 0.4) is 0 Å². The topological polar surface area (TPSA) is 53.4 Å². The molecule has 2 N–H and O–H groups in total. The van der Waals surface area contributed by atoms with Gasteiger partial charge in [0, 0.05) is 45.0 Å². The fraction of sp³-hybridized carbons (Fsp3) is 0.182. The van der Waals surface area contributed by atoms with Crippen LogP contribution in [0.15, 0.2) is 25.6 Å². The summed E-state index contributed by atoms with van der Waals surface area (Å²) in [6.07, 6.45) is 6.21. The third-order valence-corrected chi connectivity index (χ3v) is 1.42. The molecule has 1 heterocycles. The number of aromatic nitrogens is 1. The van der Waals surface area contributed by atoms with Gasteiger partial charge < -0.3 is 10.2 Å². The van der Waals surface area contributed by atoms with Crippen LogP contribution in [0.5, 0.6) is 5.75 Å². The number of aliphatic hydroxyl groups excluding tert-OH is 1. The molecule has 0 saturated heterocycles. The number of hydrogen-bond acceptors (Lipinski definition) is 3. The molecule has 0 saturated carbocycles. The van der Waals surface area contributed by atoms with Gasteiger partial charge in [0.25, 0.3) is 0 Å². The second-order valence-corrected chi connectivity index (χ2v) is 2.39. The zero-order chi connectivity index (χ0) is 11.0. The third-order valence-electron chi connectivity index (χ3n) is 1.42. The van der Waals surface area contributed by atoms with E-state index in [0.717, 1.165) is 5.56 Å². The van der Waals surface area contributed by atoms with Gasteiger partial charge in [-0.25, -0.2) is 0 Å². The van der Waals surface area contributed by atoms with Crippen LogP contribution in [0.25, 0.3) is 12.2 Å². The Labute approximate surface area is 104 Å². The fourth-order valence-corrected chi connectivity index (χ4v) is 0.860. The van der Waals surface area contributed by atoms with E-state index in [1.807, 2.05) is 0 Å². The quantitative estimate of drug-likeness (QED) is 0.830. The molecule has 0 aliphatic carbocycles. The van der Waals surface area contributed by atoms with Gasteiger partial charge in [0.2, 0.25) is 0 Å². The molecule has 0 aliphatic heterocycles. The van der Waals surface area contributed by atoms with Gasteiger partial charge in [-0.1, -0.05) is 25.3 Å². The van der Waals surface area contributed by atoms with Crippen LogP contribution in [0.4, 0.5) is 0 Å². The van der Waals surface area contributed by atoms with Crippen LogP contribution in [0.1, 0.15) is 18.1 Å². The Kier molecular flexibility index (Phi) is 10.6. The van der Waals surface area contributed by atoms with Gasteiger partial charge in [0.05, 0.1) is 6.20 Å². The Morgan fingerprint density at radius 2 is 1.87 bits per heavy atom. The first kappa shape index (κ1) is 16.5. The van der Waals surface area contributed by atoms with Crippen molar-refractivity contribution in [3.63, 3.8) is 0 Å². The predicted octanol–water partition coefficient (Wildman–Crippen LogP) is 2.07. The molecule has 0 spiro atoms. The molecule has 1 aromatic rings. The Morgan fingerprint density at radius 3 is 2.20 bits per heavy atom. The van der Waals surface area contributed by atoms with E-state index in [-0.39, 0.29) is 33.4 Å². The normalized spacial score (nSPS) is 7.87. The summed E-state index contributed by atoms with van der Waals surface area (Å²) < 4.78 is 0. The summed E-state index contributed by atoms with van der Waals surface area (Å²) >= 11 is 0. The second kappa shape index (κ2) is 9.63. The van der Waals surface area contributed by atoms with Crippen molar-refractivity contribution < 1.29 is 31.3 Å². The van der Waals surface area contributed by atoms with E-state index in [1.54, 1.807) is 25.3 Å². The summed E-state index contributed by atoms with van der Waals surface area (Å²) in [5.74, 6) is 0.136. The van der Waals surface area contributed by atoms with E-state index in [2.05, 4.69) is 18.1 Å². The summed E-state index contributed by atoms with van der Waals surface area (Å²) in [6, 6.07) is 0. The van der Waals surface area contributed by atoms with E-state index in [9.17, 15) is 5.11 Å². The molecular weight excluding hydrogens is 362 g/mol. The number of aliphatic hydroxyl groups is 1. The standard InChI is InChI=1S/C9H9NO.C2H6O.W/c1-3-7-5-10-6-9(11)8(7)4-2;1-2-3;/h3-6,11H,1-2H2;3H,2H2,1H3;. The first-order valence-electron chi connectivity index (χ1n) is 4.23. The Morgan fingerprint density at radius 1 is 1.33 bits per heavy atom. The Bertz CT molecular complexity index is 313. The van der Waals surface area contributed by atoms with E-state index in [4.69, 9.17) is 5.11 Å². The zero-order valence-corrected chi connectivity index (χ0v) is 11.6. The average Bonchev–Trinajstić information content (AvgIpc) is 2.18. The van der Waals surface area contributed by atoms with E-state index < -0.39 is 0 Å². The molecule has 0 radical (unpaired) electrons. The molecule has 3 nitrogen and oxygen atoms in total. The minimum absolute atomic E-state index is 0. The van der Waals surface area contributed by atoms with Gasteiger partial charge >= 0.3 is 0 Å². The molecule has 1 rings (SSSR count). The van der Waals surface area contributed by atoms with Crippen molar-refractivity contribution in [2.75, 3.05) is 6.61 Å². The average molecular weight is 377 g/mol. The number of hydrogen-bond donors (Lipinski definition) is 2. The van der Waals surface area contributed by atoms with Crippen LogP contribution < -0.4 is 0 Å². The summed E-state index contributed by atoms with van der Waals surface area (Å²) in [5, 5.41) is 16.8. The maximum absolute atomic E-state index is 9.24. The van der Waals surface area contributed by atoms with Crippen molar-refractivity contribution >= 4 is 12.2 Å². The van der Waals surface area contributed by atoms with Gasteiger partial charge in [0.1, 0.15) is 5.75 Å². The summed E-state index contributed by atoms with van der Waals surface area (Å²) in [5.41, 5.74) is 1.47. The van der Waals surface area contributed by atoms with E-state index in [1.165, 1.54) is 6.20 Å². The number of aromatic hydroxyl groups is 1. The predicted molar refractivity (Wildman–Crippen MR) is 58.8 cm³/mol. The van der Waals surface area contributed by atoms with Crippen LogP contribution in [0.2, 0.25) is 0 Å². The smallest absolute Gasteiger partial charge is 0.141 e. The van der Waals surface area contributed by atoms with E-state index >= 15 is 0 Å². The molecule has 0 fully saturated rings. The number of pyridine rings is 1. The van der Waals surface area contributed by atoms with Crippen molar-refractivity contribution in [1.29, 1.82) is 0 Å². The molecule has 4 heteroatoms. The van der Waals surface area contributed by atoms with Crippen molar-refractivity contribution in [3.05, 3.63) is 36.7 Å². The summed E-state index contributed by atoms with van der Waals surface area (Å²) in [7, 11) is 0. The van der Waals surface area contributed by atoms with Crippen molar-refractivity contribution in [1.82, 2.24) is 4.98 Å². The molecule has 15 heavy (non-hydrogen) atoms. The van der Waals surface area contributed by atoms with E-state index in [0.29, 0.717) is 5.56 Å². The molecule has 0 atom stereocenters. The first-order valence-corrected chi connectivity index (χ1v) is 4.23. The molecule has 0 aromatic carbocycles. The largest absolute Gasteiger partial charge is 0.506 e. The SMILES string of the molecule is C=Cc1cncc(O)c1C=C.CCO.[W]. The summed E-state index contributed by atoms with van der Waals surface area (Å²) in [4.78, 5) is 3.79. The summed E-state index contributed by atoms with van der Waals surface area (Å²) in [6.45, 7) is 9.08. The van der Waals surface area contributed by atoms with Crippen LogP contribution in [-0.2, 0) is 21.1 Å². The number of rotatable bonds is 2. The van der Waals surface area contributed by atoms with Gasteiger partial charge in [0.15, 0.2) is 0 Å². The van der Waals surface area contributed by atoms with Crippen molar-refractivity contribution in [3.8, 4) is 5.75 Å². The van der Waals surface area contributed by atoms with Gasteiger partial charge in [-0.15, -0.1) is 0 Å². The van der Waals surface area contributed by atoms with Gasteiger partial charge in [-0.3, -0.25) is 4.98 Å². The molecule has 0 aliphatic rings. The number of nitrogens with zero attached hydrogens (tertiary/aromatic N) is 1. The van der Waals surface area contributed by atoms with Crippen LogP contribution in [-0.4, -0.2) is 21.8 Å². The zero-order valence-electron chi connectivity index (χ0n) is 8.68. The first-order chi connectivity index (χ1) is 6.71. The van der Waals surface area contributed by atoms with Crippen molar-refractivity contribution in [2.24, 2.45) is 0 Å². The Balaban J connectivity index is 0. The monoisotopic (exact) mass is 377 g/mol. The molecule has 0 bridgehead atoms. The second-order valence-electron chi connectivity index (χ2n) is 2.39. The maximum Gasteiger partial charge on any atom is 0.141 e. The van der Waals surface area contributed by atoms with Crippen LogP contribution >= 0.6 is 0 Å². The minimum Gasteiger partial charge on any atom is -0.506 e. The Hall–Kier alpha value is -0.922. The molecule has 0 unspecified atom stereocenters. The van der Waals surface area contributed by atoms with Crippen molar-refractivity contribution in [2.45, 2.75) is 6.92 Å². The molecular formula is C11H15NO2W. The molecule has 0 amide bonds. The fourth-order valence-electron chi connectivity index (χ4n) is 0.860. The molecule has 82 valence electrons. The van der Waals surface area contributed by atoms with Gasteiger partial charge in [-0.05, 0) is 6.92 Å².